The molecule has 0 bridgehead atoms. The Hall–Kier alpha value is -5.17. The van der Waals surface area contributed by atoms with Crippen molar-refractivity contribution in [1.82, 2.24) is 4.98 Å². The molecule has 5 aromatic rings. The number of amides is 1. The van der Waals surface area contributed by atoms with Gasteiger partial charge in [0, 0.05) is 16.7 Å². The lowest BCUT2D eigenvalue weighted by Crippen LogP contribution is -2.42. The summed E-state index contributed by atoms with van der Waals surface area (Å²) >= 11 is 0. The van der Waals surface area contributed by atoms with Crippen molar-refractivity contribution in [2.24, 2.45) is 0 Å². The first-order valence-corrected chi connectivity index (χ1v) is 12.6. The van der Waals surface area contributed by atoms with Crippen LogP contribution in [-0.2, 0) is 4.79 Å². The van der Waals surface area contributed by atoms with Crippen LogP contribution < -0.4 is 9.64 Å². The van der Waals surface area contributed by atoms with Gasteiger partial charge in [0.2, 0.25) is 0 Å². The number of aromatic nitrogens is 1. The number of hydrogen-bond acceptors (Lipinski definition) is 4. The average molecular weight is 533 g/mol. The molecule has 1 aromatic heterocycles. The second-order valence-corrected chi connectivity index (χ2v) is 9.38. The maximum absolute atomic E-state index is 13.6. The predicted octanol–water partition coefficient (Wildman–Crippen LogP) is 6.97. The highest BCUT2D eigenvalue weighted by Crippen LogP contribution is 2.37. The standard InChI is InChI=1S/C33H22F2N2O3/c34-26-11-6-22(7-12-26)28-16-25(21-4-2-1-3-5-21)17-29(36-28)24-10-15-32-30(18-24)37(33(39)20-40-32)19-31(38)23-8-13-27(35)14-9-23/h1-18H,19-20H2. The second kappa shape index (κ2) is 10.5. The first-order chi connectivity index (χ1) is 19.4. The monoisotopic (exact) mass is 532 g/mol. The smallest absolute Gasteiger partial charge is 0.265 e. The molecule has 2 heterocycles. The Balaban J connectivity index is 1.42. The summed E-state index contributed by atoms with van der Waals surface area (Å²) in [6.07, 6.45) is 0. The van der Waals surface area contributed by atoms with Gasteiger partial charge in [-0.25, -0.2) is 13.8 Å². The number of benzene rings is 4. The SMILES string of the molecule is O=C(CN1C(=O)COc2ccc(-c3cc(-c4ccccc4)cc(-c4ccc(F)cc4)n3)cc21)c1ccc(F)cc1. The van der Waals surface area contributed by atoms with E-state index in [0.29, 0.717) is 34.0 Å². The van der Waals surface area contributed by atoms with E-state index in [9.17, 15) is 18.4 Å². The molecule has 6 rings (SSSR count). The Kier molecular flexibility index (Phi) is 6.62. The summed E-state index contributed by atoms with van der Waals surface area (Å²) < 4.78 is 32.6. The highest BCUT2D eigenvalue weighted by Gasteiger charge is 2.28. The molecule has 0 unspecified atom stereocenters. The summed E-state index contributed by atoms with van der Waals surface area (Å²) in [7, 11) is 0. The third-order valence-electron chi connectivity index (χ3n) is 6.74. The number of fused-ring (bicyclic) bond motifs is 1. The van der Waals surface area contributed by atoms with Gasteiger partial charge in [0.25, 0.3) is 5.91 Å². The van der Waals surface area contributed by atoms with Crippen LogP contribution in [0, 0.1) is 11.6 Å². The van der Waals surface area contributed by atoms with Crippen LogP contribution in [0.2, 0.25) is 0 Å². The van der Waals surface area contributed by atoms with E-state index in [1.807, 2.05) is 48.5 Å². The minimum absolute atomic E-state index is 0.195. The van der Waals surface area contributed by atoms with E-state index >= 15 is 0 Å². The van der Waals surface area contributed by atoms with Gasteiger partial charge in [-0.1, -0.05) is 30.3 Å². The van der Waals surface area contributed by atoms with Crippen molar-refractivity contribution in [3.63, 3.8) is 0 Å². The number of ketones is 1. The molecule has 0 fully saturated rings. The number of carbonyl (C=O) groups excluding carboxylic acids is 2. The lowest BCUT2D eigenvalue weighted by molar-refractivity contribution is -0.121. The van der Waals surface area contributed by atoms with Crippen LogP contribution in [0.15, 0.2) is 109 Å². The normalized spacial score (nSPS) is 12.6. The highest BCUT2D eigenvalue weighted by atomic mass is 19.1. The van der Waals surface area contributed by atoms with Crippen LogP contribution in [0.4, 0.5) is 14.5 Å². The van der Waals surface area contributed by atoms with Gasteiger partial charge in [-0.2, -0.15) is 0 Å². The van der Waals surface area contributed by atoms with E-state index in [-0.39, 0.29) is 30.7 Å². The molecule has 0 saturated carbocycles. The largest absolute Gasteiger partial charge is 0.482 e. The first-order valence-electron chi connectivity index (χ1n) is 12.6. The van der Waals surface area contributed by atoms with Crippen LogP contribution in [0.25, 0.3) is 33.6 Å². The van der Waals surface area contributed by atoms with Gasteiger partial charge in [-0.15, -0.1) is 0 Å². The van der Waals surface area contributed by atoms with Crippen molar-refractivity contribution in [3.05, 3.63) is 126 Å². The van der Waals surface area contributed by atoms with E-state index in [2.05, 4.69) is 0 Å². The van der Waals surface area contributed by atoms with Crippen LogP contribution in [-0.4, -0.2) is 29.8 Å². The van der Waals surface area contributed by atoms with Gasteiger partial charge in [-0.05, 0) is 90.0 Å². The lowest BCUT2D eigenvalue weighted by Gasteiger charge is -2.29. The zero-order valence-electron chi connectivity index (χ0n) is 21.2. The van der Waals surface area contributed by atoms with E-state index in [0.717, 1.165) is 16.7 Å². The summed E-state index contributed by atoms with van der Waals surface area (Å²) in [5.74, 6) is -1.00. The molecule has 1 aliphatic rings. The molecule has 7 heteroatoms. The quantitative estimate of drug-likeness (QED) is 0.222. The number of ether oxygens (including phenoxy) is 1. The Morgan fingerprint density at radius 3 is 2.05 bits per heavy atom. The third kappa shape index (κ3) is 5.09. The molecule has 1 aliphatic heterocycles. The zero-order valence-corrected chi connectivity index (χ0v) is 21.2. The molecule has 0 radical (unpaired) electrons. The second-order valence-electron chi connectivity index (χ2n) is 9.38. The molecular weight excluding hydrogens is 510 g/mol. The van der Waals surface area contributed by atoms with Gasteiger partial charge >= 0.3 is 0 Å². The van der Waals surface area contributed by atoms with Crippen molar-refractivity contribution in [2.45, 2.75) is 0 Å². The molecule has 1 amide bonds. The van der Waals surface area contributed by atoms with Gasteiger partial charge < -0.3 is 4.74 Å². The molecule has 196 valence electrons. The van der Waals surface area contributed by atoms with Gasteiger partial charge in [0.05, 0.1) is 23.6 Å². The van der Waals surface area contributed by atoms with Crippen molar-refractivity contribution in [1.29, 1.82) is 0 Å². The van der Waals surface area contributed by atoms with Crippen molar-refractivity contribution >= 4 is 17.4 Å². The van der Waals surface area contributed by atoms with Gasteiger partial charge in [0.1, 0.15) is 17.4 Å². The van der Waals surface area contributed by atoms with Crippen molar-refractivity contribution in [3.8, 4) is 39.4 Å². The molecule has 0 N–H and O–H groups in total. The zero-order chi connectivity index (χ0) is 27.6. The molecule has 0 spiro atoms. The maximum Gasteiger partial charge on any atom is 0.265 e. The molecular formula is C33H22F2N2O3. The number of hydrogen-bond donors (Lipinski definition) is 0. The van der Waals surface area contributed by atoms with E-state index < -0.39 is 5.82 Å². The lowest BCUT2D eigenvalue weighted by atomic mass is 9.99. The number of carbonyl (C=O) groups is 2. The number of halogens is 2. The Morgan fingerprint density at radius 2 is 1.35 bits per heavy atom. The third-order valence-corrected chi connectivity index (χ3v) is 6.74. The van der Waals surface area contributed by atoms with E-state index in [4.69, 9.17) is 9.72 Å². The van der Waals surface area contributed by atoms with Crippen LogP contribution in [0.3, 0.4) is 0 Å². The number of anilines is 1. The van der Waals surface area contributed by atoms with E-state index in [1.165, 1.54) is 41.3 Å². The summed E-state index contributed by atoms with van der Waals surface area (Å²) in [5, 5.41) is 0. The Labute approximate surface area is 229 Å². The minimum Gasteiger partial charge on any atom is -0.482 e. The fraction of sp³-hybridized carbons (Fsp3) is 0.0606. The molecule has 4 aromatic carbocycles. The topological polar surface area (TPSA) is 59.5 Å². The van der Waals surface area contributed by atoms with E-state index in [1.54, 1.807) is 24.3 Å². The number of pyridine rings is 1. The molecule has 0 saturated heterocycles. The Morgan fingerprint density at radius 1 is 0.725 bits per heavy atom. The molecule has 0 atom stereocenters. The summed E-state index contributed by atoms with van der Waals surface area (Å²) in [6, 6.07) is 30.5. The van der Waals surface area contributed by atoms with Crippen molar-refractivity contribution < 1.29 is 23.1 Å². The van der Waals surface area contributed by atoms with Crippen LogP contribution in [0.5, 0.6) is 5.75 Å². The molecule has 40 heavy (non-hydrogen) atoms. The van der Waals surface area contributed by atoms with Crippen LogP contribution in [0.1, 0.15) is 10.4 Å². The first kappa shape index (κ1) is 25.1. The maximum atomic E-state index is 13.6. The number of nitrogens with zero attached hydrogens (tertiary/aromatic N) is 2. The summed E-state index contributed by atoms with van der Waals surface area (Å²) in [6.45, 7) is -0.415. The minimum atomic E-state index is -0.445. The van der Waals surface area contributed by atoms with Gasteiger partial charge in [0.15, 0.2) is 12.4 Å². The summed E-state index contributed by atoms with van der Waals surface area (Å²) in [5.41, 5.74) is 5.40. The molecule has 0 aliphatic carbocycles. The number of rotatable bonds is 6. The fourth-order valence-corrected chi connectivity index (χ4v) is 4.65. The molecule has 5 nitrogen and oxygen atoms in total. The van der Waals surface area contributed by atoms with Crippen molar-refractivity contribution in [2.75, 3.05) is 18.1 Å². The van der Waals surface area contributed by atoms with Crippen LogP contribution >= 0.6 is 0 Å². The Bertz CT molecular complexity index is 1720. The average Bonchev–Trinajstić information content (AvgIpc) is 2.99. The van der Waals surface area contributed by atoms with Gasteiger partial charge in [-0.3, -0.25) is 14.5 Å². The highest BCUT2D eigenvalue weighted by molar-refractivity contribution is 6.07. The fourth-order valence-electron chi connectivity index (χ4n) is 4.65. The summed E-state index contributed by atoms with van der Waals surface area (Å²) in [4.78, 5) is 32.1. The number of Topliss-reactive ketones (excluding diaryl/α,β-unsaturated/α-hetero) is 1. The predicted molar refractivity (Wildman–Crippen MR) is 149 cm³/mol.